The van der Waals surface area contributed by atoms with Crippen LogP contribution in [0.15, 0.2) is 0 Å². The molecular formula is C84H164O17P2. The molecule has 0 aliphatic heterocycles. The highest BCUT2D eigenvalue weighted by atomic mass is 31.2. The molecule has 0 spiro atoms. The lowest BCUT2D eigenvalue weighted by molar-refractivity contribution is -0.161. The number of aliphatic hydroxyl groups is 1. The minimum atomic E-state index is -4.96. The lowest BCUT2D eigenvalue weighted by Crippen LogP contribution is -2.30. The first-order valence-corrected chi connectivity index (χ1v) is 46.5. The lowest BCUT2D eigenvalue weighted by Gasteiger charge is -2.21. The molecule has 0 radical (unpaired) electrons. The molecule has 19 heteroatoms. The molecule has 612 valence electrons. The van der Waals surface area contributed by atoms with E-state index in [9.17, 15) is 43.2 Å². The first-order chi connectivity index (χ1) is 49.9. The summed E-state index contributed by atoms with van der Waals surface area (Å²) < 4.78 is 68.9. The molecule has 3 N–H and O–H groups in total. The number of hydrogen-bond acceptors (Lipinski definition) is 15. The maximum absolute atomic E-state index is 13.1. The Kier molecular flexibility index (Phi) is 74.1. The van der Waals surface area contributed by atoms with Crippen LogP contribution in [0.2, 0.25) is 0 Å². The van der Waals surface area contributed by atoms with Crippen LogP contribution in [0.5, 0.6) is 0 Å². The van der Waals surface area contributed by atoms with Crippen LogP contribution in [0.25, 0.3) is 0 Å². The zero-order valence-electron chi connectivity index (χ0n) is 67.6. The molecule has 0 aliphatic carbocycles. The van der Waals surface area contributed by atoms with Gasteiger partial charge in [0, 0.05) is 25.7 Å². The van der Waals surface area contributed by atoms with E-state index in [0.29, 0.717) is 25.7 Å². The van der Waals surface area contributed by atoms with Gasteiger partial charge in [0.05, 0.1) is 26.4 Å². The van der Waals surface area contributed by atoms with Crippen molar-refractivity contribution in [1.82, 2.24) is 0 Å². The van der Waals surface area contributed by atoms with Gasteiger partial charge in [-0.2, -0.15) is 0 Å². The second-order valence-corrected chi connectivity index (χ2v) is 33.8. The molecule has 0 aromatic carbocycles. The van der Waals surface area contributed by atoms with Crippen molar-refractivity contribution in [2.45, 2.75) is 464 Å². The number of carbonyl (C=O) groups excluding carboxylic acids is 4. The molecule has 0 aliphatic rings. The molecule has 0 rings (SSSR count). The van der Waals surface area contributed by atoms with E-state index < -0.39 is 97.5 Å². The van der Waals surface area contributed by atoms with Crippen molar-refractivity contribution in [3.05, 3.63) is 0 Å². The fourth-order valence-electron chi connectivity index (χ4n) is 13.0. The Hall–Kier alpha value is -1.94. The molecule has 0 heterocycles. The van der Waals surface area contributed by atoms with E-state index in [1.165, 1.54) is 263 Å². The van der Waals surface area contributed by atoms with Crippen molar-refractivity contribution < 1.29 is 80.2 Å². The molecule has 0 saturated heterocycles. The highest BCUT2D eigenvalue weighted by Gasteiger charge is 2.30. The molecule has 0 saturated carbocycles. The Morgan fingerprint density at radius 3 is 0.738 bits per heavy atom. The Bertz CT molecular complexity index is 1980. The average Bonchev–Trinajstić information content (AvgIpc) is 0.919. The normalized spacial score (nSPS) is 14.1. The topological polar surface area (TPSA) is 237 Å². The number of carbonyl (C=O) groups is 4. The van der Waals surface area contributed by atoms with E-state index in [1.807, 2.05) is 0 Å². The molecule has 103 heavy (non-hydrogen) atoms. The number of unbranched alkanes of at least 4 members (excludes halogenated alkanes) is 52. The van der Waals surface area contributed by atoms with Crippen LogP contribution in [-0.2, 0) is 65.4 Å². The molecular weight excluding hydrogens is 1340 g/mol. The van der Waals surface area contributed by atoms with Crippen LogP contribution in [0.4, 0.5) is 0 Å². The highest BCUT2D eigenvalue weighted by Crippen LogP contribution is 2.45. The number of phosphoric acid groups is 2. The Labute approximate surface area is 632 Å². The standard InChI is InChI=1S/C84H164O17P2/c1-7-10-12-14-16-18-20-22-24-26-28-30-32-34-38-42-50-56-62-68-83(88)100-79(72-94-81(86)66-60-54-48-41-37-33-31-29-27-25-23-21-19-17-15-13-11-8-2)74-98-102(90,91)96-70-78(85)71-97-103(92,93)99-75-80(73-95-82(87)67-61-55-49-45-44-47-53-59-65-77(6)9-3)101-84(89)69-63-57-51-43-39-35-36-40-46-52-58-64-76(4)5/h76-80,85H,7-75H2,1-6H3,(H,90,91)(H,92,93)/t77?,78-,79-,80-/m1/s1. The van der Waals surface area contributed by atoms with Crippen molar-refractivity contribution in [2.24, 2.45) is 11.8 Å². The largest absolute Gasteiger partial charge is 0.472 e. The van der Waals surface area contributed by atoms with Gasteiger partial charge < -0.3 is 33.8 Å². The molecule has 3 unspecified atom stereocenters. The first kappa shape index (κ1) is 101. The highest BCUT2D eigenvalue weighted by molar-refractivity contribution is 7.47. The molecule has 0 aromatic rings. The van der Waals surface area contributed by atoms with Crippen molar-refractivity contribution in [2.75, 3.05) is 39.6 Å². The number of phosphoric ester groups is 2. The van der Waals surface area contributed by atoms with E-state index in [-0.39, 0.29) is 25.7 Å². The zero-order chi connectivity index (χ0) is 75.6. The minimum Gasteiger partial charge on any atom is -0.462 e. The fraction of sp³-hybridized carbons (Fsp3) is 0.952. The molecule has 17 nitrogen and oxygen atoms in total. The minimum absolute atomic E-state index is 0.106. The summed E-state index contributed by atoms with van der Waals surface area (Å²) in [5.74, 6) is -0.562. The van der Waals surface area contributed by atoms with Crippen LogP contribution in [0.1, 0.15) is 446 Å². The number of aliphatic hydroxyl groups excluding tert-OH is 1. The van der Waals surface area contributed by atoms with E-state index in [0.717, 1.165) is 102 Å². The molecule has 0 amide bonds. The van der Waals surface area contributed by atoms with E-state index in [1.54, 1.807) is 0 Å². The number of esters is 4. The Balaban J connectivity index is 5.26. The van der Waals surface area contributed by atoms with Gasteiger partial charge in [0.15, 0.2) is 12.2 Å². The second-order valence-electron chi connectivity index (χ2n) is 30.9. The van der Waals surface area contributed by atoms with Gasteiger partial charge in [0.1, 0.15) is 19.3 Å². The van der Waals surface area contributed by atoms with Crippen molar-refractivity contribution in [1.29, 1.82) is 0 Å². The summed E-state index contributed by atoms with van der Waals surface area (Å²) in [7, 11) is -9.93. The number of hydrogen-bond donors (Lipinski definition) is 3. The second kappa shape index (κ2) is 75.5. The summed E-state index contributed by atoms with van der Waals surface area (Å²) in [5.41, 5.74) is 0. The Morgan fingerprint density at radius 1 is 0.282 bits per heavy atom. The lowest BCUT2D eigenvalue weighted by atomic mass is 9.99. The fourth-order valence-corrected chi connectivity index (χ4v) is 14.6. The van der Waals surface area contributed by atoms with Crippen molar-refractivity contribution in [3.8, 4) is 0 Å². The summed E-state index contributed by atoms with van der Waals surface area (Å²) in [6.45, 7) is 9.66. The smallest absolute Gasteiger partial charge is 0.462 e. The van der Waals surface area contributed by atoms with E-state index in [2.05, 4.69) is 41.5 Å². The molecule has 0 bridgehead atoms. The third-order valence-electron chi connectivity index (χ3n) is 20.1. The first-order valence-electron chi connectivity index (χ1n) is 43.5. The monoisotopic (exact) mass is 1510 g/mol. The van der Waals surface area contributed by atoms with Gasteiger partial charge in [0.2, 0.25) is 0 Å². The zero-order valence-corrected chi connectivity index (χ0v) is 69.4. The van der Waals surface area contributed by atoms with Gasteiger partial charge in [-0.3, -0.25) is 37.3 Å². The number of rotatable bonds is 83. The van der Waals surface area contributed by atoms with Crippen LogP contribution < -0.4 is 0 Å². The maximum atomic E-state index is 13.1. The van der Waals surface area contributed by atoms with Gasteiger partial charge in [-0.25, -0.2) is 9.13 Å². The average molecular weight is 1510 g/mol. The van der Waals surface area contributed by atoms with Gasteiger partial charge >= 0.3 is 39.5 Å². The summed E-state index contributed by atoms with van der Waals surface area (Å²) >= 11 is 0. The van der Waals surface area contributed by atoms with Gasteiger partial charge in [-0.15, -0.1) is 0 Å². The Morgan fingerprint density at radius 2 is 0.495 bits per heavy atom. The van der Waals surface area contributed by atoms with Crippen molar-refractivity contribution in [3.63, 3.8) is 0 Å². The maximum Gasteiger partial charge on any atom is 0.472 e. The molecule has 6 atom stereocenters. The molecule has 0 fully saturated rings. The summed E-state index contributed by atoms with van der Waals surface area (Å²) in [4.78, 5) is 73.2. The van der Waals surface area contributed by atoms with Gasteiger partial charge in [0.25, 0.3) is 0 Å². The van der Waals surface area contributed by atoms with Crippen LogP contribution in [0, 0.1) is 11.8 Å². The van der Waals surface area contributed by atoms with Crippen LogP contribution in [0.3, 0.4) is 0 Å². The van der Waals surface area contributed by atoms with Crippen molar-refractivity contribution >= 4 is 39.5 Å². The van der Waals surface area contributed by atoms with E-state index >= 15 is 0 Å². The third-order valence-corrected chi connectivity index (χ3v) is 22.0. The summed E-state index contributed by atoms with van der Waals surface area (Å²) in [5, 5.41) is 10.7. The van der Waals surface area contributed by atoms with E-state index in [4.69, 9.17) is 37.0 Å². The summed E-state index contributed by atoms with van der Waals surface area (Å²) in [6.07, 6.45) is 66.6. The van der Waals surface area contributed by atoms with Crippen LogP contribution >= 0.6 is 15.6 Å². The third kappa shape index (κ3) is 76.6. The SMILES string of the molecule is CCCCCCCCCCCCCCCCCCCCCC(=O)O[C@H](COC(=O)CCCCCCCCCCCCCCCCCCCC)COP(=O)(O)OC[C@@H](O)COP(=O)(O)OC[C@@H](COC(=O)CCCCCCCCCCC(C)CC)OC(=O)CCCCCCCCCCCCCC(C)C. The predicted molar refractivity (Wildman–Crippen MR) is 423 cm³/mol. The number of ether oxygens (including phenoxy) is 4. The van der Waals surface area contributed by atoms with Gasteiger partial charge in [-0.1, -0.05) is 395 Å². The van der Waals surface area contributed by atoms with Gasteiger partial charge in [-0.05, 0) is 37.5 Å². The van der Waals surface area contributed by atoms with Crippen LogP contribution in [-0.4, -0.2) is 96.7 Å². The molecule has 0 aromatic heterocycles. The quantitative estimate of drug-likeness (QED) is 0.0222. The summed E-state index contributed by atoms with van der Waals surface area (Å²) in [6, 6.07) is 0. The predicted octanol–water partition coefficient (Wildman–Crippen LogP) is 25.5.